The topological polar surface area (TPSA) is 32.5 Å². The largest absolute Gasteiger partial charge is 0.366 e. The Bertz CT molecular complexity index is 419. The molecular weight excluding hydrogens is 234 g/mol. The molecule has 2 unspecified atom stereocenters. The van der Waals surface area contributed by atoms with E-state index in [1.165, 1.54) is 44.5 Å². The lowest BCUT2D eigenvalue weighted by atomic mass is 9.83. The lowest BCUT2D eigenvalue weighted by molar-refractivity contribution is 0.157. The van der Waals surface area contributed by atoms with Gasteiger partial charge in [0.25, 0.3) is 0 Å². The predicted octanol–water partition coefficient (Wildman–Crippen LogP) is 2.08. The Hall–Kier alpha value is -1.06. The van der Waals surface area contributed by atoms with Crippen molar-refractivity contribution in [1.29, 1.82) is 0 Å². The van der Waals surface area contributed by atoms with Crippen molar-refractivity contribution in [3.05, 3.63) is 30.3 Å². The first kappa shape index (κ1) is 12.9. The standard InChI is InChI=1S/C16H25N3/c1-18(14-7-3-2-4-8-14)16(13-17)10-12-19-11-6-5-9-15(16)19/h2-4,7-8,15H,5-6,9-13,17H2,1H3. The quantitative estimate of drug-likeness (QED) is 0.902. The summed E-state index contributed by atoms with van der Waals surface area (Å²) >= 11 is 0. The highest BCUT2D eigenvalue weighted by Gasteiger charge is 2.49. The number of fused-ring (bicyclic) bond motifs is 1. The molecule has 2 aliphatic heterocycles. The molecule has 3 rings (SSSR count). The molecule has 19 heavy (non-hydrogen) atoms. The SMILES string of the molecule is CN(c1ccccc1)C1(CN)CCN2CCCCC21. The monoisotopic (exact) mass is 259 g/mol. The van der Waals surface area contributed by atoms with Crippen molar-refractivity contribution in [1.82, 2.24) is 4.90 Å². The summed E-state index contributed by atoms with van der Waals surface area (Å²) in [4.78, 5) is 5.11. The minimum Gasteiger partial charge on any atom is -0.366 e. The molecule has 2 fully saturated rings. The van der Waals surface area contributed by atoms with Gasteiger partial charge in [0.05, 0.1) is 5.54 Å². The number of nitrogens with two attached hydrogens (primary N) is 1. The highest BCUT2D eigenvalue weighted by atomic mass is 15.3. The summed E-state index contributed by atoms with van der Waals surface area (Å²) in [5.74, 6) is 0. The molecule has 3 nitrogen and oxygen atoms in total. The number of hydrogen-bond donors (Lipinski definition) is 1. The van der Waals surface area contributed by atoms with E-state index in [-0.39, 0.29) is 5.54 Å². The zero-order valence-corrected chi connectivity index (χ0v) is 11.9. The van der Waals surface area contributed by atoms with E-state index in [4.69, 9.17) is 5.73 Å². The molecule has 1 aromatic rings. The molecule has 2 saturated heterocycles. The molecule has 2 atom stereocenters. The number of anilines is 1. The molecule has 2 aliphatic rings. The summed E-state index contributed by atoms with van der Waals surface area (Å²) in [6.45, 7) is 3.22. The van der Waals surface area contributed by atoms with Crippen LogP contribution in [0, 0.1) is 0 Å². The molecule has 1 aromatic carbocycles. The number of benzene rings is 1. The van der Waals surface area contributed by atoms with E-state index in [0.29, 0.717) is 6.04 Å². The second kappa shape index (κ2) is 5.14. The maximum atomic E-state index is 6.25. The van der Waals surface area contributed by atoms with Crippen LogP contribution in [0.4, 0.5) is 5.69 Å². The van der Waals surface area contributed by atoms with Crippen LogP contribution in [-0.4, -0.2) is 43.2 Å². The smallest absolute Gasteiger partial charge is 0.0687 e. The Balaban J connectivity index is 1.90. The van der Waals surface area contributed by atoms with Crippen molar-refractivity contribution in [2.24, 2.45) is 5.73 Å². The fourth-order valence-electron chi connectivity index (χ4n) is 4.05. The van der Waals surface area contributed by atoms with Gasteiger partial charge in [-0.2, -0.15) is 0 Å². The van der Waals surface area contributed by atoms with E-state index in [9.17, 15) is 0 Å². The second-order valence-corrected chi connectivity index (χ2v) is 6.00. The Morgan fingerprint density at radius 2 is 2.05 bits per heavy atom. The predicted molar refractivity (Wildman–Crippen MR) is 80.5 cm³/mol. The van der Waals surface area contributed by atoms with Crippen LogP contribution in [0.5, 0.6) is 0 Å². The second-order valence-electron chi connectivity index (χ2n) is 6.00. The summed E-state index contributed by atoms with van der Waals surface area (Å²) in [5.41, 5.74) is 7.66. The highest BCUT2D eigenvalue weighted by Crippen LogP contribution is 2.40. The van der Waals surface area contributed by atoms with Gasteiger partial charge in [0.15, 0.2) is 0 Å². The Labute approximate surface area is 116 Å². The zero-order valence-electron chi connectivity index (χ0n) is 11.9. The van der Waals surface area contributed by atoms with Crippen LogP contribution in [0.15, 0.2) is 30.3 Å². The van der Waals surface area contributed by atoms with Gasteiger partial charge in [-0.05, 0) is 37.9 Å². The maximum absolute atomic E-state index is 6.25. The summed E-state index contributed by atoms with van der Waals surface area (Å²) in [5, 5.41) is 0. The number of piperidine rings is 1. The van der Waals surface area contributed by atoms with E-state index < -0.39 is 0 Å². The van der Waals surface area contributed by atoms with Gasteiger partial charge in [0, 0.05) is 31.9 Å². The third kappa shape index (κ3) is 2.05. The van der Waals surface area contributed by atoms with Crippen LogP contribution in [0.25, 0.3) is 0 Å². The van der Waals surface area contributed by atoms with Crippen LogP contribution < -0.4 is 10.6 Å². The fourth-order valence-corrected chi connectivity index (χ4v) is 4.05. The molecule has 0 spiro atoms. The molecule has 0 aliphatic carbocycles. The van der Waals surface area contributed by atoms with Gasteiger partial charge in [-0.3, -0.25) is 4.90 Å². The van der Waals surface area contributed by atoms with E-state index in [2.05, 4.69) is 47.2 Å². The molecule has 3 heteroatoms. The molecule has 0 aromatic heterocycles. The van der Waals surface area contributed by atoms with E-state index in [1.807, 2.05) is 0 Å². The molecule has 0 bridgehead atoms. The van der Waals surface area contributed by atoms with Crippen LogP contribution in [0.3, 0.4) is 0 Å². The van der Waals surface area contributed by atoms with Crippen molar-refractivity contribution in [3.8, 4) is 0 Å². The normalized spacial score (nSPS) is 31.2. The number of nitrogens with zero attached hydrogens (tertiary/aromatic N) is 2. The van der Waals surface area contributed by atoms with Gasteiger partial charge in [-0.15, -0.1) is 0 Å². The lowest BCUT2D eigenvalue weighted by Crippen LogP contribution is -2.60. The van der Waals surface area contributed by atoms with Crippen LogP contribution in [0.2, 0.25) is 0 Å². The molecule has 2 heterocycles. The van der Waals surface area contributed by atoms with Gasteiger partial charge in [-0.1, -0.05) is 24.6 Å². The summed E-state index contributed by atoms with van der Waals surface area (Å²) in [6.07, 6.45) is 5.20. The number of likely N-dealkylation sites (N-methyl/N-ethyl adjacent to an activating group) is 1. The van der Waals surface area contributed by atoms with Gasteiger partial charge in [0.1, 0.15) is 0 Å². The third-order valence-corrected chi connectivity index (χ3v) is 5.23. The minimum atomic E-state index is 0.127. The molecule has 0 radical (unpaired) electrons. The zero-order chi connectivity index (χ0) is 13.3. The van der Waals surface area contributed by atoms with Crippen LogP contribution in [0.1, 0.15) is 25.7 Å². The van der Waals surface area contributed by atoms with Crippen LogP contribution in [-0.2, 0) is 0 Å². The van der Waals surface area contributed by atoms with E-state index >= 15 is 0 Å². The fraction of sp³-hybridized carbons (Fsp3) is 0.625. The molecule has 2 N–H and O–H groups in total. The lowest BCUT2D eigenvalue weighted by Gasteiger charge is -2.47. The first-order chi connectivity index (χ1) is 9.28. The molecule has 0 saturated carbocycles. The van der Waals surface area contributed by atoms with Crippen LogP contribution >= 0.6 is 0 Å². The molecular formula is C16H25N3. The third-order valence-electron chi connectivity index (χ3n) is 5.23. The van der Waals surface area contributed by atoms with Crippen molar-refractivity contribution in [2.45, 2.75) is 37.3 Å². The Morgan fingerprint density at radius 3 is 2.79 bits per heavy atom. The van der Waals surface area contributed by atoms with Gasteiger partial charge in [-0.25, -0.2) is 0 Å². The van der Waals surface area contributed by atoms with Gasteiger partial charge >= 0.3 is 0 Å². The summed E-state index contributed by atoms with van der Waals surface area (Å²) in [7, 11) is 2.22. The summed E-state index contributed by atoms with van der Waals surface area (Å²) in [6, 6.07) is 11.3. The van der Waals surface area contributed by atoms with Gasteiger partial charge in [0.2, 0.25) is 0 Å². The number of para-hydroxylation sites is 1. The molecule has 0 amide bonds. The average molecular weight is 259 g/mol. The maximum Gasteiger partial charge on any atom is 0.0687 e. The van der Waals surface area contributed by atoms with Gasteiger partial charge < -0.3 is 10.6 Å². The Kier molecular flexibility index (Phi) is 3.50. The first-order valence-electron chi connectivity index (χ1n) is 7.51. The highest BCUT2D eigenvalue weighted by molar-refractivity contribution is 5.49. The van der Waals surface area contributed by atoms with Crippen molar-refractivity contribution in [3.63, 3.8) is 0 Å². The average Bonchev–Trinajstić information content (AvgIpc) is 2.87. The van der Waals surface area contributed by atoms with Crippen molar-refractivity contribution >= 4 is 5.69 Å². The number of rotatable bonds is 3. The van der Waals surface area contributed by atoms with Crippen molar-refractivity contribution < 1.29 is 0 Å². The minimum absolute atomic E-state index is 0.127. The van der Waals surface area contributed by atoms with E-state index in [1.54, 1.807) is 0 Å². The Morgan fingerprint density at radius 1 is 1.26 bits per heavy atom. The van der Waals surface area contributed by atoms with Crippen molar-refractivity contribution in [2.75, 3.05) is 31.6 Å². The summed E-state index contributed by atoms with van der Waals surface area (Å²) < 4.78 is 0. The number of hydrogen-bond acceptors (Lipinski definition) is 3. The molecule has 104 valence electrons. The van der Waals surface area contributed by atoms with E-state index in [0.717, 1.165) is 6.54 Å². The first-order valence-corrected chi connectivity index (χ1v) is 7.51.